The van der Waals surface area contributed by atoms with Crippen LogP contribution in [0.25, 0.3) is 11.4 Å². The summed E-state index contributed by atoms with van der Waals surface area (Å²) in [6, 6.07) is 4.17. The molecule has 1 fully saturated rings. The molecule has 0 saturated carbocycles. The fourth-order valence-corrected chi connectivity index (χ4v) is 3.21. The van der Waals surface area contributed by atoms with Gasteiger partial charge >= 0.3 is 0 Å². The van der Waals surface area contributed by atoms with Gasteiger partial charge in [0.2, 0.25) is 11.7 Å². The highest BCUT2D eigenvalue weighted by Gasteiger charge is 2.22. The van der Waals surface area contributed by atoms with Crippen LogP contribution in [0, 0.1) is 13.8 Å². The Balaban J connectivity index is 1.78. The molecule has 1 aromatic heterocycles. The van der Waals surface area contributed by atoms with Crippen molar-refractivity contribution < 1.29 is 9.26 Å². The number of nitrogens with zero attached hydrogens (tertiary/aromatic N) is 2. The highest BCUT2D eigenvalue weighted by Crippen LogP contribution is 2.30. The summed E-state index contributed by atoms with van der Waals surface area (Å²) in [6.45, 7) is 9.08. The first-order valence-electron chi connectivity index (χ1n) is 8.97. The van der Waals surface area contributed by atoms with E-state index in [-0.39, 0.29) is 0 Å². The van der Waals surface area contributed by atoms with Crippen molar-refractivity contribution in [1.82, 2.24) is 15.5 Å². The number of ether oxygens (including phenoxy) is 1. The Morgan fingerprint density at radius 3 is 2.75 bits per heavy atom. The Labute approximate surface area is 143 Å². The van der Waals surface area contributed by atoms with Gasteiger partial charge in [-0.25, -0.2) is 0 Å². The van der Waals surface area contributed by atoms with Gasteiger partial charge in [0, 0.05) is 12.1 Å². The monoisotopic (exact) mass is 329 g/mol. The van der Waals surface area contributed by atoms with Gasteiger partial charge in [0.25, 0.3) is 0 Å². The third-order valence-corrected chi connectivity index (χ3v) is 4.55. The molecule has 130 valence electrons. The molecule has 0 amide bonds. The summed E-state index contributed by atoms with van der Waals surface area (Å²) in [5, 5.41) is 7.58. The van der Waals surface area contributed by atoms with Crippen LogP contribution in [-0.4, -0.2) is 29.8 Å². The maximum absolute atomic E-state index is 5.93. The highest BCUT2D eigenvalue weighted by atomic mass is 16.5. The zero-order valence-electron chi connectivity index (χ0n) is 14.9. The lowest BCUT2D eigenvalue weighted by Crippen LogP contribution is -2.28. The number of rotatable bonds is 6. The molecule has 0 radical (unpaired) electrons. The summed E-state index contributed by atoms with van der Waals surface area (Å²) in [7, 11) is 0. The van der Waals surface area contributed by atoms with Crippen LogP contribution >= 0.6 is 0 Å². The first kappa shape index (κ1) is 17.0. The Morgan fingerprint density at radius 1 is 1.29 bits per heavy atom. The number of unbranched alkanes of at least 4 members (excludes halogenated alkanes) is 1. The molecular formula is C19H27N3O2. The smallest absolute Gasteiger partial charge is 0.231 e. The van der Waals surface area contributed by atoms with E-state index >= 15 is 0 Å². The second-order valence-corrected chi connectivity index (χ2v) is 6.64. The molecule has 1 aliphatic rings. The second kappa shape index (κ2) is 7.79. The number of nitrogens with one attached hydrogen (secondary N) is 1. The van der Waals surface area contributed by atoms with Gasteiger partial charge in [0.15, 0.2) is 0 Å². The van der Waals surface area contributed by atoms with Gasteiger partial charge in [-0.3, -0.25) is 0 Å². The lowest BCUT2D eigenvalue weighted by molar-refractivity contribution is 0.305. The zero-order chi connectivity index (χ0) is 16.9. The number of aryl methyl sites for hydroxylation is 2. The minimum atomic E-state index is 0.332. The van der Waals surface area contributed by atoms with E-state index in [1.165, 1.54) is 0 Å². The Hall–Kier alpha value is -1.88. The third kappa shape index (κ3) is 3.78. The van der Waals surface area contributed by atoms with E-state index in [0.29, 0.717) is 11.7 Å². The topological polar surface area (TPSA) is 60.2 Å². The van der Waals surface area contributed by atoms with E-state index in [2.05, 4.69) is 48.4 Å². The molecule has 1 saturated heterocycles. The fourth-order valence-electron chi connectivity index (χ4n) is 3.21. The number of aromatic nitrogens is 2. The van der Waals surface area contributed by atoms with Gasteiger partial charge in [0.05, 0.1) is 12.5 Å². The fraction of sp³-hybridized carbons (Fsp3) is 0.579. The maximum atomic E-state index is 5.93. The van der Waals surface area contributed by atoms with E-state index in [9.17, 15) is 0 Å². The van der Waals surface area contributed by atoms with Gasteiger partial charge < -0.3 is 14.6 Å². The molecule has 0 aliphatic carbocycles. The standard InChI is InChI=1S/C19H27N3O2/c1-4-5-9-23-17-13(2)10-16(11-14(17)3)18-21-19(24-22-18)15-7-6-8-20-12-15/h10-11,15,20H,4-9,12H2,1-3H3/t15-/m1/s1. The highest BCUT2D eigenvalue weighted by molar-refractivity contribution is 5.61. The Kier molecular flexibility index (Phi) is 5.51. The van der Waals surface area contributed by atoms with E-state index in [0.717, 1.165) is 73.7 Å². The molecule has 5 heteroatoms. The lowest BCUT2D eigenvalue weighted by Gasteiger charge is -2.18. The van der Waals surface area contributed by atoms with E-state index < -0.39 is 0 Å². The summed E-state index contributed by atoms with van der Waals surface area (Å²) < 4.78 is 11.4. The molecule has 0 spiro atoms. The van der Waals surface area contributed by atoms with E-state index in [4.69, 9.17) is 9.26 Å². The van der Waals surface area contributed by atoms with Crippen molar-refractivity contribution in [3.8, 4) is 17.1 Å². The zero-order valence-corrected chi connectivity index (χ0v) is 14.9. The third-order valence-electron chi connectivity index (χ3n) is 4.55. The Morgan fingerprint density at radius 2 is 2.08 bits per heavy atom. The molecule has 0 unspecified atom stereocenters. The average Bonchev–Trinajstić information content (AvgIpc) is 3.08. The van der Waals surface area contributed by atoms with Gasteiger partial charge in [-0.2, -0.15) is 4.98 Å². The van der Waals surface area contributed by atoms with Gasteiger partial charge in [-0.05, 0) is 62.9 Å². The van der Waals surface area contributed by atoms with Crippen LogP contribution in [-0.2, 0) is 0 Å². The predicted molar refractivity (Wildman–Crippen MR) is 94.5 cm³/mol. The quantitative estimate of drug-likeness (QED) is 0.812. The molecule has 24 heavy (non-hydrogen) atoms. The maximum Gasteiger partial charge on any atom is 0.231 e. The van der Waals surface area contributed by atoms with Crippen molar-refractivity contribution >= 4 is 0 Å². The normalized spacial score (nSPS) is 17.9. The second-order valence-electron chi connectivity index (χ2n) is 6.64. The largest absolute Gasteiger partial charge is 0.493 e. The van der Waals surface area contributed by atoms with Gasteiger partial charge in [0.1, 0.15) is 5.75 Å². The van der Waals surface area contributed by atoms with Crippen molar-refractivity contribution in [1.29, 1.82) is 0 Å². The molecule has 1 atom stereocenters. The van der Waals surface area contributed by atoms with Crippen molar-refractivity contribution in [2.45, 2.75) is 52.4 Å². The minimum absolute atomic E-state index is 0.332. The molecule has 3 rings (SSSR count). The van der Waals surface area contributed by atoms with Crippen molar-refractivity contribution in [3.63, 3.8) is 0 Å². The molecule has 1 aliphatic heterocycles. The molecule has 2 heterocycles. The number of benzene rings is 1. The summed E-state index contributed by atoms with van der Waals surface area (Å²) in [5.41, 5.74) is 3.23. The Bertz CT molecular complexity index is 652. The van der Waals surface area contributed by atoms with Gasteiger partial charge in [-0.15, -0.1) is 0 Å². The molecule has 2 aromatic rings. The van der Waals surface area contributed by atoms with Crippen molar-refractivity contribution in [2.24, 2.45) is 0 Å². The predicted octanol–water partition coefficient (Wildman–Crippen LogP) is 4.00. The number of hydrogen-bond donors (Lipinski definition) is 1. The summed E-state index contributed by atoms with van der Waals surface area (Å²) in [6.07, 6.45) is 4.48. The van der Waals surface area contributed by atoms with Crippen LogP contribution in [0.2, 0.25) is 0 Å². The molecule has 0 bridgehead atoms. The molecule has 5 nitrogen and oxygen atoms in total. The van der Waals surface area contributed by atoms with Crippen molar-refractivity contribution in [3.05, 3.63) is 29.2 Å². The van der Waals surface area contributed by atoms with E-state index in [1.807, 2.05) is 0 Å². The van der Waals surface area contributed by atoms with Crippen molar-refractivity contribution in [2.75, 3.05) is 19.7 Å². The number of hydrogen-bond acceptors (Lipinski definition) is 5. The SMILES string of the molecule is CCCCOc1c(C)cc(-c2noc([C@@H]3CCCNC3)n2)cc1C. The summed E-state index contributed by atoms with van der Waals surface area (Å²) in [5.74, 6) is 2.73. The summed E-state index contributed by atoms with van der Waals surface area (Å²) >= 11 is 0. The van der Waals surface area contributed by atoms with Gasteiger partial charge in [-0.1, -0.05) is 18.5 Å². The number of piperidine rings is 1. The molecule has 1 aromatic carbocycles. The van der Waals surface area contributed by atoms with Crippen LogP contribution in [0.4, 0.5) is 0 Å². The molecular weight excluding hydrogens is 302 g/mol. The minimum Gasteiger partial charge on any atom is -0.493 e. The van der Waals surface area contributed by atoms with Crippen LogP contribution in [0.15, 0.2) is 16.7 Å². The molecule has 1 N–H and O–H groups in total. The van der Waals surface area contributed by atoms with Crippen LogP contribution in [0.3, 0.4) is 0 Å². The van der Waals surface area contributed by atoms with E-state index in [1.54, 1.807) is 0 Å². The summed E-state index contributed by atoms with van der Waals surface area (Å²) in [4.78, 5) is 4.63. The van der Waals surface area contributed by atoms with Crippen LogP contribution < -0.4 is 10.1 Å². The van der Waals surface area contributed by atoms with Crippen LogP contribution in [0.1, 0.15) is 55.5 Å². The first-order chi connectivity index (χ1) is 11.7. The lowest BCUT2D eigenvalue weighted by atomic mass is 10.00. The van der Waals surface area contributed by atoms with Crippen LogP contribution in [0.5, 0.6) is 5.75 Å². The average molecular weight is 329 g/mol. The first-order valence-corrected chi connectivity index (χ1v) is 8.97.